The Morgan fingerprint density at radius 3 is 2.62 bits per heavy atom. The summed E-state index contributed by atoms with van der Waals surface area (Å²) in [6, 6.07) is 4.51. The molecule has 0 saturated carbocycles. The summed E-state index contributed by atoms with van der Waals surface area (Å²) in [5.41, 5.74) is 0.572. The van der Waals surface area contributed by atoms with Crippen LogP contribution in [0.4, 0.5) is 0 Å². The van der Waals surface area contributed by atoms with Crippen LogP contribution in [0.2, 0.25) is 0 Å². The Kier molecular flexibility index (Phi) is 6.98. The number of benzene rings is 1. The molecule has 0 aromatic heterocycles. The Balaban J connectivity index is 2.74. The van der Waals surface area contributed by atoms with E-state index in [9.17, 15) is 13.2 Å². The second-order valence-electron chi connectivity index (χ2n) is 4.66. The van der Waals surface area contributed by atoms with Crippen molar-refractivity contribution >= 4 is 25.6 Å². The first kappa shape index (κ1) is 17.8. The van der Waals surface area contributed by atoms with Crippen LogP contribution in [0.3, 0.4) is 0 Å². The fourth-order valence-corrected chi connectivity index (χ4v) is 2.92. The Morgan fingerprint density at radius 2 is 2.05 bits per heavy atom. The highest BCUT2D eigenvalue weighted by Gasteiger charge is 2.18. The van der Waals surface area contributed by atoms with Crippen LogP contribution in [0, 0.1) is 0 Å². The summed E-state index contributed by atoms with van der Waals surface area (Å²) in [6.45, 7) is 2.72. The van der Waals surface area contributed by atoms with E-state index < -0.39 is 9.05 Å². The molecule has 0 unspecified atom stereocenters. The van der Waals surface area contributed by atoms with Crippen LogP contribution in [0.15, 0.2) is 23.1 Å². The van der Waals surface area contributed by atoms with Gasteiger partial charge in [-0.1, -0.05) is 25.8 Å². The summed E-state index contributed by atoms with van der Waals surface area (Å²) in [5, 5.41) is 2.80. The van der Waals surface area contributed by atoms with E-state index in [-0.39, 0.29) is 23.0 Å². The molecule has 0 aliphatic carbocycles. The molecule has 0 aliphatic rings. The largest absolute Gasteiger partial charge is 0.495 e. The molecule has 5 nitrogen and oxygen atoms in total. The Hall–Kier alpha value is -1.27. The van der Waals surface area contributed by atoms with Crippen molar-refractivity contribution in [2.24, 2.45) is 0 Å². The van der Waals surface area contributed by atoms with Crippen LogP contribution in [0.25, 0.3) is 0 Å². The van der Waals surface area contributed by atoms with E-state index in [1.165, 1.54) is 19.2 Å². The SMILES string of the molecule is CCCCCNC(=O)Cc1ccc(OC)c(S(=O)(=O)Cl)c1. The Bertz CT molecular complexity index is 587. The van der Waals surface area contributed by atoms with E-state index in [1.54, 1.807) is 6.07 Å². The van der Waals surface area contributed by atoms with Crippen molar-refractivity contribution in [3.8, 4) is 5.75 Å². The summed E-state index contributed by atoms with van der Waals surface area (Å²) in [4.78, 5) is 11.6. The second kappa shape index (κ2) is 8.24. The summed E-state index contributed by atoms with van der Waals surface area (Å²) in [5.74, 6) is 0.0197. The molecule has 1 N–H and O–H groups in total. The standard InChI is InChI=1S/C14H20ClNO4S/c1-3-4-5-8-16-14(17)10-11-6-7-12(20-2)13(9-11)21(15,18)19/h6-7,9H,3-5,8,10H2,1-2H3,(H,16,17). The van der Waals surface area contributed by atoms with Gasteiger partial charge in [-0.2, -0.15) is 0 Å². The first-order valence-electron chi connectivity index (χ1n) is 6.76. The Morgan fingerprint density at radius 1 is 1.33 bits per heavy atom. The quantitative estimate of drug-likeness (QED) is 0.586. The van der Waals surface area contributed by atoms with E-state index >= 15 is 0 Å². The summed E-state index contributed by atoms with van der Waals surface area (Å²) < 4.78 is 27.9. The number of rotatable bonds is 8. The van der Waals surface area contributed by atoms with Gasteiger partial charge in [0.2, 0.25) is 5.91 Å². The van der Waals surface area contributed by atoms with Crippen molar-refractivity contribution in [2.75, 3.05) is 13.7 Å². The zero-order valence-corrected chi connectivity index (χ0v) is 13.8. The van der Waals surface area contributed by atoms with Crippen molar-refractivity contribution in [3.05, 3.63) is 23.8 Å². The molecule has 1 rings (SSSR count). The number of carbonyl (C=O) groups is 1. The zero-order chi connectivity index (χ0) is 15.9. The number of halogens is 1. The molecule has 7 heteroatoms. The fraction of sp³-hybridized carbons (Fsp3) is 0.500. The van der Waals surface area contributed by atoms with Crippen LogP contribution in [0.1, 0.15) is 31.7 Å². The number of hydrogen-bond acceptors (Lipinski definition) is 4. The Labute approximate surface area is 130 Å². The number of carbonyl (C=O) groups excluding carboxylic acids is 1. The molecule has 0 radical (unpaired) electrons. The number of unbranched alkanes of at least 4 members (excludes halogenated alkanes) is 2. The molecule has 0 bridgehead atoms. The molecule has 1 aromatic rings. The van der Waals surface area contributed by atoms with E-state index in [2.05, 4.69) is 12.2 Å². The maximum Gasteiger partial charge on any atom is 0.264 e. The molecule has 21 heavy (non-hydrogen) atoms. The maximum atomic E-state index is 11.8. The normalized spacial score (nSPS) is 11.2. The number of methoxy groups -OCH3 is 1. The smallest absolute Gasteiger partial charge is 0.264 e. The highest BCUT2D eigenvalue weighted by molar-refractivity contribution is 8.13. The number of ether oxygens (including phenoxy) is 1. The second-order valence-corrected chi connectivity index (χ2v) is 7.19. The van der Waals surface area contributed by atoms with Gasteiger partial charge in [0.15, 0.2) is 0 Å². The molecule has 1 aromatic carbocycles. The van der Waals surface area contributed by atoms with Gasteiger partial charge in [0, 0.05) is 17.2 Å². The van der Waals surface area contributed by atoms with Crippen LogP contribution >= 0.6 is 10.7 Å². The van der Waals surface area contributed by atoms with E-state index in [4.69, 9.17) is 15.4 Å². The number of nitrogens with one attached hydrogen (secondary N) is 1. The van der Waals surface area contributed by atoms with Crippen molar-refractivity contribution in [2.45, 2.75) is 37.5 Å². The maximum absolute atomic E-state index is 11.8. The molecule has 0 saturated heterocycles. The molecule has 1 amide bonds. The molecule has 0 fully saturated rings. The summed E-state index contributed by atoms with van der Waals surface area (Å²) >= 11 is 0. The van der Waals surface area contributed by atoms with E-state index in [0.717, 1.165) is 19.3 Å². The van der Waals surface area contributed by atoms with Gasteiger partial charge in [-0.3, -0.25) is 4.79 Å². The third-order valence-corrected chi connectivity index (χ3v) is 4.30. The molecule has 0 atom stereocenters. The highest BCUT2D eigenvalue weighted by Crippen LogP contribution is 2.27. The zero-order valence-electron chi connectivity index (χ0n) is 12.2. The lowest BCUT2D eigenvalue weighted by atomic mass is 10.1. The third kappa shape index (κ3) is 5.93. The van der Waals surface area contributed by atoms with Gasteiger partial charge in [-0.15, -0.1) is 0 Å². The van der Waals surface area contributed by atoms with Gasteiger partial charge >= 0.3 is 0 Å². The summed E-state index contributed by atoms with van der Waals surface area (Å²) in [6.07, 6.45) is 3.20. The van der Waals surface area contributed by atoms with E-state index in [0.29, 0.717) is 12.1 Å². The summed E-state index contributed by atoms with van der Waals surface area (Å²) in [7, 11) is 2.81. The molecule has 0 aliphatic heterocycles. The third-order valence-electron chi connectivity index (χ3n) is 2.96. The van der Waals surface area contributed by atoms with Gasteiger partial charge in [-0.05, 0) is 24.1 Å². The van der Waals surface area contributed by atoms with Crippen LogP contribution < -0.4 is 10.1 Å². The van der Waals surface area contributed by atoms with E-state index in [1.807, 2.05) is 0 Å². The average Bonchev–Trinajstić information content (AvgIpc) is 2.42. The minimum atomic E-state index is -3.91. The van der Waals surface area contributed by atoms with Crippen LogP contribution in [0.5, 0.6) is 5.75 Å². The lowest BCUT2D eigenvalue weighted by Crippen LogP contribution is -2.26. The van der Waals surface area contributed by atoms with Crippen LogP contribution in [-0.2, 0) is 20.3 Å². The molecular weight excluding hydrogens is 314 g/mol. The van der Waals surface area contributed by atoms with Gasteiger partial charge in [-0.25, -0.2) is 8.42 Å². The van der Waals surface area contributed by atoms with Crippen molar-refractivity contribution in [1.29, 1.82) is 0 Å². The van der Waals surface area contributed by atoms with Gasteiger partial charge in [0.1, 0.15) is 10.6 Å². The number of amides is 1. The monoisotopic (exact) mass is 333 g/mol. The average molecular weight is 334 g/mol. The van der Waals surface area contributed by atoms with Gasteiger partial charge < -0.3 is 10.1 Å². The predicted octanol–water partition coefficient (Wildman–Crippen LogP) is 2.47. The lowest BCUT2D eigenvalue weighted by molar-refractivity contribution is -0.120. The fourth-order valence-electron chi connectivity index (χ4n) is 1.87. The minimum Gasteiger partial charge on any atom is -0.495 e. The topological polar surface area (TPSA) is 72.5 Å². The van der Waals surface area contributed by atoms with Gasteiger partial charge in [0.05, 0.1) is 13.5 Å². The molecule has 0 heterocycles. The number of hydrogen-bond donors (Lipinski definition) is 1. The minimum absolute atomic E-state index is 0.107. The lowest BCUT2D eigenvalue weighted by Gasteiger charge is -2.09. The first-order chi connectivity index (χ1) is 9.88. The van der Waals surface area contributed by atoms with Gasteiger partial charge in [0.25, 0.3) is 9.05 Å². The van der Waals surface area contributed by atoms with Crippen LogP contribution in [-0.4, -0.2) is 28.0 Å². The predicted molar refractivity (Wildman–Crippen MR) is 82.3 cm³/mol. The van der Waals surface area contributed by atoms with Crippen molar-refractivity contribution < 1.29 is 17.9 Å². The van der Waals surface area contributed by atoms with Crippen molar-refractivity contribution in [1.82, 2.24) is 5.32 Å². The molecular formula is C14H20ClNO4S. The van der Waals surface area contributed by atoms with Crippen molar-refractivity contribution in [3.63, 3.8) is 0 Å². The molecule has 118 valence electrons. The highest BCUT2D eigenvalue weighted by atomic mass is 35.7. The molecule has 0 spiro atoms. The first-order valence-corrected chi connectivity index (χ1v) is 9.07.